The van der Waals surface area contributed by atoms with Gasteiger partial charge in [-0.1, -0.05) is 55.3 Å². The molecule has 42 heavy (non-hydrogen) atoms. The molecule has 4 rings (SSSR count). The van der Waals surface area contributed by atoms with Gasteiger partial charge in [0.15, 0.2) is 11.4 Å². The fourth-order valence-electron chi connectivity index (χ4n) is 5.37. The minimum Gasteiger partial charge on any atom is -0.494 e. The Morgan fingerprint density at radius 1 is 1.12 bits per heavy atom. The Bertz CT molecular complexity index is 1730. The fourth-order valence-corrected chi connectivity index (χ4v) is 5.56. The highest BCUT2D eigenvalue weighted by molar-refractivity contribution is 6.30. The van der Waals surface area contributed by atoms with Crippen LogP contribution in [-0.4, -0.2) is 29.5 Å². The van der Waals surface area contributed by atoms with Crippen LogP contribution in [-0.2, 0) is 11.2 Å². The number of aromatic nitrogens is 2. The van der Waals surface area contributed by atoms with Crippen LogP contribution in [0.3, 0.4) is 0 Å². The van der Waals surface area contributed by atoms with E-state index in [2.05, 4.69) is 10.9 Å². The SMILES string of the molecule is [C-]#[N+]c1ccc(C(Cc2cc(Cl)ccc2C)c2c(C(=O)OCC)nn(-c3cc(C#N)ccc3OC)c2C(C)C)c(C)c1. The number of hydrogen-bond donors (Lipinski definition) is 0. The number of hydrogen-bond acceptors (Lipinski definition) is 5. The summed E-state index contributed by atoms with van der Waals surface area (Å²) in [5.74, 6) is -0.443. The van der Waals surface area contributed by atoms with Gasteiger partial charge in [0, 0.05) is 16.5 Å². The third-order valence-corrected chi connectivity index (χ3v) is 7.59. The fraction of sp³-hybridized carbons (Fsp3) is 0.294. The molecule has 0 aliphatic carbocycles. The molecule has 0 bridgehead atoms. The van der Waals surface area contributed by atoms with Crippen LogP contribution >= 0.6 is 11.6 Å². The quantitative estimate of drug-likeness (QED) is 0.147. The molecule has 0 radical (unpaired) electrons. The van der Waals surface area contributed by atoms with Gasteiger partial charge in [-0.2, -0.15) is 10.4 Å². The zero-order chi connectivity index (χ0) is 30.6. The molecule has 1 atom stereocenters. The van der Waals surface area contributed by atoms with Gasteiger partial charge < -0.3 is 9.47 Å². The van der Waals surface area contributed by atoms with E-state index in [9.17, 15) is 10.1 Å². The van der Waals surface area contributed by atoms with Crippen LogP contribution in [0.2, 0.25) is 5.02 Å². The highest BCUT2D eigenvalue weighted by Crippen LogP contribution is 2.41. The molecule has 3 aromatic carbocycles. The largest absolute Gasteiger partial charge is 0.494 e. The Balaban J connectivity index is 2.12. The average molecular weight is 581 g/mol. The molecule has 214 valence electrons. The number of esters is 1. The van der Waals surface area contributed by atoms with E-state index in [0.29, 0.717) is 34.1 Å². The summed E-state index contributed by atoms with van der Waals surface area (Å²) < 4.78 is 12.9. The summed E-state index contributed by atoms with van der Waals surface area (Å²) in [6.45, 7) is 17.6. The molecule has 7 nitrogen and oxygen atoms in total. The first-order valence-corrected chi connectivity index (χ1v) is 14.1. The molecule has 0 spiro atoms. The van der Waals surface area contributed by atoms with Crippen molar-refractivity contribution in [1.29, 1.82) is 5.26 Å². The number of nitrogens with zero attached hydrogens (tertiary/aromatic N) is 4. The predicted molar refractivity (Wildman–Crippen MR) is 164 cm³/mol. The molecule has 0 aliphatic rings. The van der Waals surface area contributed by atoms with E-state index < -0.39 is 5.97 Å². The van der Waals surface area contributed by atoms with Gasteiger partial charge in [0.05, 0.1) is 37.6 Å². The third-order valence-electron chi connectivity index (χ3n) is 7.35. The van der Waals surface area contributed by atoms with Gasteiger partial charge in [0.1, 0.15) is 11.4 Å². The Labute approximate surface area is 252 Å². The highest BCUT2D eigenvalue weighted by Gasteiger charge is 2.34. The van der Waals surface area contributed by atoms with E-state index in [0.717, 1.165) is 33.5 Å². The van der Waals surface area contributed by atoms with Crippen molar-refractivity contribution in [3.05, 3.63) is 116 Å². The van der Waals surface area contributed by atoms with Gasteiger partial charge in [-0.15, -0.1) is 0 Å². The molecule has 0 amide bonds. The van der Waals surface area contributed by atoms with Crippen molar-refractivity contribution in [2.75, 3.05) is 13.7 Å². The lowest BCUT2D eigenvalue weighted by Gasteiger charge is -2.24. The van der Waals surface area contributed by atoms with Crippen LogP contribution in [0.5, 0.6) is 5.75 Å². The molecule has 1 aromatic heterocycles. The van der Waals surface area contributed by atoms with Gasteiger partial charge in [-0.3, -0.25) is 0 Å². The second kappa shape index (κ2) is 12.9. The normalized spacial score (nSPS) is 11.6. The minimum absolute atomic E-state index is 0.0862. The van der Waals surface area contributed by atoms with Crippen LogP contribution in [0.1, 0.15) is 82.2 Å². The number of carbonyl (C=O) groups is 1. The first-order valence-electron chi connectivity index (χ1n) is 13.7. The summed E-state index contributed by atoms with van der Waals surface area (Å²) in [4.78, 5) is 17.2. The Kier molecular flexibility index (Phi) is 9.35. The summed E-state index contributed by atoms with van der Waals surface area (Å²) in [7, 11) is 1.56. The molecule has 1 heterocycles. The van der Waals surface area contributed by atoms with Gasteiger partial charge >= 0.3 is 5.97 Å². The number of ether oxygens (including phenoxy) is 2. The summed E-state index contributed by atoms with van der Waals surface area (Å²) in [6.07, 6.45) is 0.526. The van der Waals surface area contributed by atoms with Gasteiger partial charge in [-0.05, 0) is 80.1 Å². The van der Waals surface area contributed by atoms with E-state index in [4.69, 9.17) is 32.7 Å². The second-order valence-corrected chi connectivity index (χ2v) is 10.8. The number of methoxy groups -OCH3 is 1. The lowest BCUT2D eigenvalue weighted by molar-refractivity contribution is 0.0517. The molecular formula is C34H33ClN4O3. The van der Waals surface area contributed by atoms with E-state index in [1.54, 1.807) is 43.0 Å². The minimum atomic E-state index is -0.535. The van der Waals surface area contributed by atoms with Crippen LogP contribution in [0, 0.1) is 31.8 Å². The smallest absolute Gasteiger partial charge is 0.359 e. The van der Waals surface area contributed by atoms with Crippen LogP contribution < -0.4 is 4.74 Å². The maximum absolute atomic E-state index is 13.6. The third kappa shape index (κ3) is 6.03. The Morgan fingerprint density at radius 2 is 1.88 bits per heavy atom. The van der Waals surface area contributed by atoms with Crippen LogP contribution in [0.4, 0.5) is 5.69 Å². The summed E-state index contributed by atoms with van der Waals surface area (Å²) in [5.41, 5.74) is 7.24. The van der Waals surface area contributed by atoms with E-state index in [-0.39, 0.29) is 24.1 Å². The molecule has 0 saturated heterocycles. The Morgan fingerprint density at radius 3 is 2.50 bits per heavy atom. The molecule has 0 fully saturated rings. The number of benzene rings is 3. The number of rotatable bonds is 9. The molecule has 0 N–H and O–H groups in total. The summed E-state index contributed by atoms with van der Waals surface area (Å²) in [6, 6.07) is 18.7. The van der Waals surface area contributed by atoms with Gasteiger partial charge in [-0.25, -0.2) is 14.3 Å². The number of aryl methyl sites for hydroxylation is 2. The standard InChI is InChI=1S/C34H33ClN4O3/c1-8-42-34(40)32-31(33(20(2)3)39(38-32)29-16-23(19-36)10-14-30(29)41-7)28(18-24-17-25(35)11-9-21(24)4)27-13-12-26(37-6)15-22(27)5/h9-17,20,28H,8,18H2,1-5,7H3. The van der Waals surface area contributed by atoms with Crippen molar-refractivity contribution < 1.29 is 14.3 Å². The molecule has 0 saturated carbocycles. The lowest BCUT2D eigenvalue weighted by atomic mass is 9.80. The van der Waals surface area contributed by atoms with Crippen molar-refractivity contribution in [1.82, 2.24) is 9.78 Å². The summed E-state index contributed by atoms with van der Waals surface area (Å²) >= 11 is 6.45. The zero-order valence-electron chi connectivity index (χ0n) is 24.7. The van der Waals surface area contributed by atoms with E-state index in [1.165, 1.54) is 0 Å². The molecule has 0 aliphatic heterocycles. The van der Waals surface area contributed by atoms with Gasteiger partial charge in [0.25, 0.3) is 0 Å². The maximum Gasteiger partial charge on any atom is 0.359 e. The molecular weight excluding hydrogens is 548 g/mol. The monoisotopic (exact) mass is 580 g/mol. The van der Waals surface area contributed by atoms with Crippen molar-refractivity contribution in [3.63, 3.8) is 0 Å². The number of halogens is 1. The van der Waals surface area contributed by atoms with Crippen LogP contribution in [0.25, 0.3) is 10.5 Å². The number of carbonyl (C=O) groups excluding carboxylic acids is 1. The topological polar surface area (TPSA) is 81.5 Å². The van der Waals surface area contributed by atoms with Crippen molar-refractivity contribution in [2.45, 2.75) is 52.9 Å². The average Bonchev–Trinajstić information content (AvgIpc) is 3.38. The van der Waals surface area contributed by atoms with Crippen LogP contribution in [0.15, 0.2) is 54.6 Å². The highest BCUT2D eigenvalue weighted by atomic mass is 35.5. The van der Waals surface area contributed by atoms with E-state index >= 15 is 0 Å². The zero-order valence-corrected chi connectivity index (χ0v) is 25.4. The Hall–Kier alpha value is -4.59. The molecule has 1 unspecified atom stereocenters. The lowest BCUT2D eigenvalue weighted by Crippen LogP contribution is -2.16. The van der Waals surface area contributed by atoms with Gasteiger partial charge in [0.2, 0.25) is 0 Å². The van der Waals surface area contributed by atoms with Crippen molar-refractivity contribution >= 4 is 23.3 Å². The molecule has 8 heteroatoms. The predicted octanol–water partition coefficient (Wildman–Crippen LogP) is 8.25. The number of nitriles is 1. The summed E-state index contributed by atoms with van der Waals surface area (Å²) in [5, 5.41) is 15.2. The van der Waals surface area contributed by atoms with Crippen molar-refractivity contribution in [3.8, 4) is 17.5 Å². The molecule has 4 aromatic rings. The first-order chi connectivity index (χ1) is 20.1. The van der Waals surface area contributed by atoms with Crippen molar-refractivity contribution in [2.24, 2.45) is 0 Å². The van der Waals surface area contributed by atoms with E-state index in [1.807, 2.05) is 58.0 Å². The second-order valence-electron chi connectivity index (χ2n) is 10.4. The first kappa shape index (κ1) is 30.4. The maximum atomic E-state index is 13.6.